The number of halogens is 2. The van der Waals surface area contributed by atoms with E-state index in [1.165, 1.54) is 11.6 Å². The van der Waals surface area contributed by atoms with E-state index >= 15 is 0 Å². The lowest BCUT2D eigenvalue weighted by molar-refractivity contribution is 0.484. The quantitative estimate of drug-likeness (QED) is 0.825. The lowest BCUT2D eigenvalue weighted by Gasteiger charge is -2.20. The third kappa shape index (κ3) is 2.97. The molecule has 0 spiro atoms. The second-order valence-corrected chi connectivity index (χ2v) is 5.97. The van der Waals surface area contributed by atoms with Crippen molar-refractivity contribution < 1.29 is 4.39 Å². The highest BCUT2D eigenvalue weighted by molar-refractivity contribution is 6.31. The van der Waals surface area contributed by atoms with Gasteiger partial charge in [0.05, 0.1) is 5.02 Å². The van der Waals surface area contributed by atoms with Crippen molar-refractivity contribution in [2.75, 3.05) is 6.54 Å². The van der Waals surface area contributed by atoms with Crippen LogP contribution in [0.25, 0.3) is 0 Å². The van der Waals surface area contributed by atoms with Crippen molar-refractivity contribution in [1.82, 2.24) is 5.32 Å². The van der Waals surface area contributed by atoms with Gasteiger partial charge in [0.2, 0.25) is 0 Å². The molecule has 21 heavy (non-hydrogen) atoms. The molecule has 0 aliphatic heterocycles. The zero-order valence-electron chi connectivity index (χ0n) is 12.0. The molecule has 3 rings (SSSR count). The molecule has 110 valence electrons. The zero-order chi connectivity index (χ0) is 14.8. The van der Waals surface area contributed by atoms with E-state index in [0.29, 0.717) is 11.8 Å². The van der Waals surface area contributed by atoms with Crippen LogP contribution in [0.2, 0.25) is 5.02 Å². The summed E-state index contributed by atoms with van der Waals surface area (Å²) in [4.78, 5) is 0. The zero-order valence-corrected chi connectivity index (χ0v) is 12.8. The van der Waals surface area contributed by atoms with Gasteiger partial charge in [0.1, 0.15) is 5.82 Å². The van der Waals surface area contributed by atoms with Gasteiger partial charge < -0.3 is 5.32 Å². The Kier molecular flexibility index (Phi) is 4.27. The van der Waals surface area contributed by atoms with Gasteiger partial charge in [-0.05, 0) is 42.0 Å². The molecule has 1 nitrogen and oxygen atoms in total. The average Bonchev–Trinajstić information content (AvgIpc) is 3.29. The summed E-state index contributed by atoms with van der Waals surface area (Å²) < 4.78 is 13.7. The summed E-state index contributed by atoms with van der Waals surface area (Å²) in [6.45, 7) is 2.91. The van der Waals surface area contributed by atoms with Crippen LogP contribution in [-0.2, 0) is 0 Å². The van der Waals surface area contributed by atoms with Crippen LogP contribution in [0.15, 0.2) is 48.5 Å². The molecule has 1 fully saturated rings. The van der Waals surface area contributed by atoms with Crippen molar-refractivity contribution in [2.24, 2.45) is 5.92 Å². The van der Waals surface area contributed by atoms with E-state index in [1.54, 1.807) is 6.07 Å². The Morgan fingerprint density at radius 3 is 2.67 bits per heavy atom. The minimum Gasteiger partial charge on any atom is -0.310 e. The summed E-state index contributed by atoms with van der Waals surface area (Å²) in [5, 5.41) is 3.73. The van der Waals surface area contributed by atoms with Crippen LogP contribution >= 0.6 is 11.6 Å². The van der Waals surface area contributed by atoms with E-state index in [-0.39, 0.29) is 16.9 Å². The minimum atomic E-state index is -0.339. The molecule has 0 aromatic heterocycles. The minimum absolute atomic E-state index is 0.114. The third-order valence-electron chi connectivity index (χ3n) is 4.24. The molecule has 2 aromatic carbocycles. The number of benzene rings is 2. The van der Waals surface area contributed by atoms with Gasteiger partial charge >= 0.3 is 0 Å². The van der Waals surface area contributed by atoms with E-state index in [9.17, 15) is 4.39 Å². The molecule has 0 heterocycles. The van der Waals surface area contributed by atoms with Crippen LogP contribution < -0.4 is 5.32 Å². The normalized spacial score (nSPS) is 22.0. The standard InChI is InChI=1S/C18H19ClFN/c1-2-21-18(13-9-6-10-16(20)17(13)19)15-11-14(15)12-7-4-3-5-8-12/h3-10,14-15,18,21H,2,11H2,1H3. The Morgan fingerprint density at radius 2 is 1.95 bits per heavy atom. The van der Waals surface area contributed by atoms with Crippen molar-refractivity contribution in [2.45, 2.75) is 25.3 Å². The molecule has 0 saturated heterocycles. The van der Waals surface area contributed by atoms with Gasteiger partial charge in [-0.25, -0.2) is 4.39 Å². The maximum absolute atomic E-state index is 13.7. The summed E-state index contributed by atoms with van der Waals surface area (Å²) in [5.74, 6) is 0.676. The molecule has 0 radical (unpaired) electrons. The first-order valence-corrected chi connectivity index (χ1v) is 7.82. The van der Waals surface area contributed by atoms with Crippen LogP contribution in [0.5, 0.6) is 0 Å². The second kappa shape index (κ2) is 6.17. The second-order valence-electron chi connectivity index (χ2n) is 5.60. The molecule has 1 N–H and O–H groups in total. The fourth-order valence-electron chi connectivity index (χ4n) is 3.14. The predicted octanol–water partition coefficient (Wildman–Crippen LogP) is 4.93. The van der Waals surface area contributed by atoms with Crippen LogP contribution in [0.1, 0.15) is 36.4 Å². The van der Waals surface area contributed by atoms with Crippen LogP contribution in [-0.4, -0.2) is 6.54 Å². The summed E-state index contributed by atoms with van der Waals surface area (Å²) in [7, 11) is 0. The molecule has 3 heteroatoms. The largest absolute Gasteiger partial charge is 0.310 e. The van der Waals surface area contributed by atoms with Crippen molar-refractivity contribution >= 4 is 11.6 Å². The Labute approximate surface area is 130 Å². The molecule has 0 bridgehead atoms. The maximum Gasteiger partial charge on any atom is 0.142 e. The lowest BCUT2D eigenvalue weighted by atomic mass is 9.98. The molecule has 3 unspecified atom stereocenters. The first kappa shape index (κ1) is 14.6. The highest BCUT2D eigenvalue weighted by Gasteiger charge is 2.44. The third-order valence-corrected chi connectivity index (χ3v) is 4.63. The van der Waals surface area contributed by atoms with E-state index in [2.05, 4.69) is 36.5 Å². The topological polar surface area (TPSA) is 12.0 Å². The van der Waals surface area contributed by atoms with Crippen molar-refractivity contribution in [3.8, 4) is 0 Å². The lowest BCUT2D eigenvalue weighted by Crippen LogP contribution is -2.23. The van der Waals surface area contributed by atoms with E-state index < -0.39 is 0 Å². The Morgan fingerprint density at radius 1 is 1.19 bits per heavy atom. The maximum atomic E-state index is 13.7. The smallest absolute Gasteiger partial charge is 0.142 e. The fourth-order valence-corrected chi connectivity index (χ4v) is 3.38. The molecule has 1 saturated carbocycles. The molecule has 2 aromatic rings. The first-order chi connectivity index (χ1) is 10.2. The number of nitrogens with one attached hydrogen (secondary N) is 1. The summed E-state index contributed by atoms with van der Waals surface area (Å²) >= 11 is 6.17. The molecular weight excluding hydrogens is 285 g/mol. The van der Waals surface area contributed by atoms with Gasteiger partial charge in [-0.1, -0.05) is 61.0 Å². The van der Waals surface area contributed by atoms with Gasteiger partial charge in [-0.2, -0.15) is 0 Å². The SMILES string of the molecule is CCNC(c1cccc(F)c1Cl)C1CC1c1ccccc1. The fraction of sp³-hybridized carbons (Fsp3) is 0.333. The number of rotatable bonds is 5. The van der Waals surface area contributed by atoms with Gasteiger partial charge in [0, 0.05) is 6.04 Å². The van der Waals surface area contributed by atoms with Gasteiger partial charge in [-0.15, -0.1) is 0 Å². The van der Waals surface area contributed by atoms with Gasteiger partial charge in [0.15, 0.2) is 0 Å². The highest BCUT2D eigenvalue weighted by atomic mass is 35.5. The van der Waals surface area contributed by atoms with E-state index in [4.69, 9.17) is 11.6 Å². The number of hydrogen-bond acceptors (Lipinski definition) is 1. The number of hydrogen-bond donors (Lipinski definition) is 1. The summed E-state index contributed by atoms with van der Waals surface area (Å²) in [5.41, 5.74) is 2.24. The van der Waals surface area contributed by atoms with Gasteiger partial charge in [0.25, 0.3) is 0 Å². The van der Waals surface area contributed by atoms with Crippen molar-refractivity contribution in [3.05, 3.63) is 70.5 Å². The Hall–Kier alpha value is -1.38. The highest BCUT2D eigenvalue weighted by Crippen LogP contribution is 2.54. The van der Waals surface area contributed by atoms with E-state index in [1.807, 2.05) is 12.1 Å². The molecular formula is C18H19ClFN. The molecule has 3 atom stereocenters. The Bertz CT molecular complexity index is 614. The van der Waals surface area contributed by atoms with Crippen LogP contribution in [0, 0.1) is 11.7 Å². The van der Waals surface area contributed by atoms with Crippen LogP contribution in [0.4, 0.5) is 4.39 Å². The summed E-state index contributed by atoms with van der Waals surface area (Å²) in [6, 6.07) is 15.7. The molecule has 0 amide bonds. The summed E-state index contributed by atoms with van der Waals surface area (Å²) in [6.07, 6.45) is 1.12. The Balaban J connectivity index is 1.85. The van der Waals surface area contributed by atoms with Crippen molar-refractivity contribution in [3.63, 3.8) is 0 Å². The van der Waals surface area contributed by atoms with Gasteiger partial charge in [-0.3, -0.25) is 0 Å². The molecule has 1 aliphatic rings. The van der Waals surface area contributed by atoms with Crippen LogP contribution in [0.3, 0.4) is 0 Å². The predicted molar refractivity (Wildman–Crippen MR) is 85.1 cm³/mol. The average molecular weight is 304 g/mol. The first-order valence-electron chi connectivity index (χ1n) is 7.44. The monoisotopic (exact) mass is 303 g/mol. The van der Waals surface area contributed by atoms with Crippen molar-refractivity contribution in [1.29, 1.82) is 0 Å². The van der Waals surface area contributed by atoms with E-state index in [0.717, 1.165) is 18.5 Å². The molecule has 1 aliphatic carbocycles.